The Morgan fingerprint density at radius 3 is 2.52 bits per heavy atom. The predicted molar refractivity (Wildman–Crippen MR) is 120 cm³/mol. The number of hydrogen-bond acceptors (Lipinski definition) is 6. The number of aromatic carboxylic acids is 1. The summed E-state index contributed by atoms with van der Waals surface area (Å²) in [5.41, 5.74) is 0.363. The van der Waals surface area contributed by atoms with Gasteiger partial charge in [-0.15, -0.1) is 0 Å². The Morgan fingerprint density at radius 1 is 1.26 bits per heavy atom. The van der Waals surface area contributed by atoms with Crippen LogP contribution in [-0.2, 0) is 14.3 Å². The molecule has 170 valence electrons. The second-order valence-electron chi connectivity index (χ2n) is 7.24. The monoisotopic (exact) mass is 452 g/mol. The molecule has 1 aromatic carbocycles. The van der Waals surface area contributed by atoms with E-state index in [1.807, 2.05) is 4.57 Å². The molecule has 9 heteroatoms. The van der Waals surface area contributed by atoms with E-state index in [0.29, 0.717) is 34.8 Å². The number of carbonyl (C=O) groups excluding carboxylic acids is 1. The van der Waals surface area contributed by atoms with Crippen LogP contribution in [0.1, 0.15) is 55.9 Å². The molecule has 1 aliphatic carbocycles. The predicted octanol–water partition coefficient (Wildman–Crippen LogP) is 4.10. The number of aromatic nitrogens is 1. The number of ether oxygens (including phenoxy) is 2. The molecule has 0 amide bonds. The summed E-state index contributed by atoms with van der Waals surface area (Å²) < 4.78 is 11.7. The molecule has 1 heterocycles. The number of halogens is 1. The van der Waals surface area contributed by atoms with Crippen molar-refractivity contribution >= 4 is 40.1 Å². The number of nitrogens with zero attached hydrogens (tertiary/aromatic N) is 1. The van der Waals surface area contributed by atoms with Gasteiger partial charge < -0.3 is 24.5 Å². The minimum absolute atomic E-state index is 0.173. The maximum atomic E-state index is 12.6. The van der Waals surface area contributed by atoms with Crippen molar-refractivity contribution in [1.82, 2.24) is 4.57 Å². The van der Waals surface area contributed by atoms with Crippen LogP contribution in [0.5, 0.6) is 0 Å². The summed E-state index contributed by atoms with van der Waals surface area (Å²) in [6, 6.07) is 3.46. The summed E-state index contributed by atoms with van der Waals surface area (Å²) in [5, 5.41) is 13.2. The minimum Gasteiger partial charge on any atom is -0.477 e. The molecule has 0 atom stereocenters. The summed E-state index contributed by atoms with van der Waals surface area (Å²) in [7, 11) is 1.32. The molecule has 0 aliphatic heterocycles. The van der Waals surface area contributed by atoms with E-state index >= 15 is 0 Å². The lowest BCUT2D eigenvalue weighted by Crippen LogP contribution is -2.19. The zero-order valence-corrected chi connectivity index (χ0v) is 18.8. The number of carboxylic acids is 1. The Labute approximate surface area is 186 Å². The highest BCUT2D eigenvalue weighted by atomic mass is 35.5. The lowest BCUT2D eigenvalue weighted by atomic mass is 10.1. The first kappa shape index (κ1) is 24.7. The molecule has 8 nitrogen and oxygen atoms in total. The van der Waals surface area contributed by atoms with Gasteiger partial charge in [-0.3, -0.25) is 9.59 Å². The standard InChI is InChI=1S/C19H21ClN2O6.C3H8/c1-27-17(23)4-6-28-7-5-21-15-8-12-16(9-14(15)20)22(11-2-3-11)10-13(18(12)24)19(25)26;1-3-2/h8-11,21H,2-7H2,1H3,(H,25,26);3H2,1-2H3. The van der Waals surface area contributed by atoms with Crippen molar-refractivity contribution in [2.45, 2.75) is 45.6 Å². The number of hydrogen-bond donors (Lipinski definition) is 2. The fourth-order valence-electron chi connectivity index (χ4n) is 2.93. The van der Waals surface area contributed by atoms with Gasteiger partial charge in [-0.25, -0.2) is 4.79 Å². The number of methoxy groups -OCH3 is 1. The van der Waals surface area contributed by atoms with Crippen molar-refractivity contribution in [1.29, 1.82) is 0 Å². The van der Waals surface area contributed by atoms with Crippen molar-refractivity contribution in [2.75, 3.05) is 32.2 Å². The molecular weight excluding hydrogens is 424 g/mol. The van der Waals surface area contributed by atoms with Crippen molar-refractivity contribution in [3.05, 3.63) is 39.1 Å². The van der Waals surface area contributed by atoms with Gasteiger partial charge in [0.25, 0.3) is 0 Å². The Morgan fingerprint density at radius 2 is 1.94 bits per heavy atom. The number of anilines is 1. The average molecular weight is 453 g/mol. The maximum Gasteiger partial charge on any atom is 0.341 e. The molecule has 31 heavy (non-hydrogen) atoms. The molecule has 0 bridgehead atoms. The van der Waals surface area contributed by atoms with Gasteiger partial charge in [0.05, 0.1) is 43.0 Å². The van der Waals surface area contributed by atoms with Crippen LogP contribution in [0.3, 0.4) is 0 Å². The van der Waals surface area contributed by atoms with Gasteiger partial charge in [0.1, 0.15) is 5.56 Å². The molecule has 2 N–H and O–H groups in total. The van der Waals surface area contributed by atoms with Crippen molar-refractivity contribution in [3.8, 4) is 0 Å². The van der Waals surface area contributed by atoms with E-state index in [-0.39, 0.29) is 30.6 Å². The fourth-order valence-corrected chi connectivity index (χ4v) is 3.16. The highest BCUT2D eigenvalue weighted by Crippen LogP contribution is 2.38. The van der Waals surface area contributed by atoms with E-state index in [1.165, 1.54) is 19.7 Å². The quantitative estimate of drug-likeness (QED) is 0.435. The molecule has 1 aromatic heterocycles. The molecule has 1 aliphatic rings. The average Bonchev–Trinajstić information content (AvgIpc) is 3.56. The highest BCUT2D eigenvalue weighted by Gasteiger charge is 2.27. The van der Waals surface area contributed by atoms with E-state index < -0.39 is 11.4 Å². The topological polar surface area (TPSA) is 107 Å². The van der Waals surface area contributed by atoms with Crippen LogP contribution in [0.2, 0.25) is 5.02 Å². The van der Waals surface area contributed by atoms with Crippen LogP contribution >= 0.6 is 11.6 Å². The largest absolute Gasteiger partial charge is 0.477 e. The van der Waals surface area contributed by atoms with Gasteiger partial charge in [-0.1, -0.05) is 31.9 Å². The molecule has 0 unspecified atom stereocenters. The van der Waals surface area contributed by atoms with Crippen LogP contribution in [-0.4, -0.2) is 48.5 Å². The zero-order chi connectivity index (χ0) is 23.0. The van der Waals surface area contributed by atoms with E-state index in [0.717, 1.165) is 12.8 Å². The van der Waals surface area contributed by atoms with Gasteiger partial charge in [0.15, 0.2) is 0 Å². The number of carboxylic acid groups (broad SMARTS) is 1. The van der Waals surface area contributed by atoms with E-state index in [2.05, 4.69) is 23.9 Å². The van der Waals surface area contributed by atoms with E-state index in [1.54, 1.807) is 12.1 Å². The molecule has 2 aromatic rings. The number of benzene rings is 1. The van der Waals surface area contributed by atoms with Gasteiger partial charge in [-0.2, -0.15) is 0 Å². The summed E-state index contributed by atoms with van der Waals surface area (Å²) in [6.45, 7) is 5.22. The Kier molecular flexibility index (Phi) is 9.33. The molecule has 3 rings (SSSR count). The number of rotatable bonds is 9. The lowest BCUT2D eigenvalue weighted by molar-refractivity contribution is -0.141. The van der Waals surface area contributed by atoms with E-state index in [9.17, 15) is 19.5 Å². The Hall–Kier alpha value is -2.58. The van der Waals surface area contributed by atoms with Gasteiger partial charge in [-0.05, 0) is 25.0 Å². The molecule has 1 saturated carbocycles. The number of nitrogens with one attached hydrogen (secondary N) is 1. The van der Waals surface area contributed by atoms with Crippen LogP contribution in [0.25, 0.3) is 10.9 Å². The summed E-state index contributed by atoms with van der Waals surface area (Å²) >= 11 is 6.36. The van der Waals surface area contributed by atoms with Gasteiger partial charge in [0, 0.05) is 24.2 Å². The SMILES string of the molecule is CCC.COC(=O)CCOCCNc1cc2c(=O)c(C(=O)O)cn(C3CC3)c2cc1Cl. The first-order valence-electron chi connectivity index (χ1n) is 10.3. The molecule has 0 spiro atoms. The van der Waals surface area contributed by atoms with Crippen molar-refractivity contribution in [2.24, 2.45) is 0 Å². The van der Waals surface area contributed by atoms with Crippen LogP contribution in [0.4, 0.5) is 5.69 Å². The summed E-state index contributed by atoms with van der Waals surface area (Å²) in [4.78, 5) is 35.1. The van der Waals surface area contributed by atoms with Crippen LogP contribution < -0.4 is 10.7 Å². The normalized spacial score (nSPS) is 12.8. The molecule has 1 fully saturated rings. The summed E-state index contributed by atoms with van der Waals surface area (Å²) in [5.74, 6) is -1.59. The molecule has 0 saturated heterocycles. The minimum atomic E-state index is -1.25. The number of pyridine rings is 1. The third-order valence-electron chi connectivity index (χ3n) is 4.53. The second kappa shape index (κ2) is 11.7. The van der Waals surface area contributed by atoms with Crippen LogP contribution in [0.15, 0.2) is 23.1 Å². The first-order chi connectivity index (χ1) is 14.8. The number of fused-ring (bicyclic) bond motifs is 1. The third kappa shape index (κ3) is 6.70. The zero-order valence-electron chi connectivity index (χ0n) is 18.1. The van der Waals surface area contributed by atoms with Gasteiger partial charge in [0.2, 0.25) is 5.43 Å². The second-order valence-corrected chi connectivity index (χ2v) is 7.64. The summed E-state index contributed by atoms with van der Waals surface area (Å²) in [6.07, 6.45) is 4.71. The number of esters is 1. The first-order valence-corrected chi connectivity index (χ1v) is 10.7. The van der Waals surface area contributed by atoms with Crippen molar-refractivity contribution < 1.29 is 24.2 Å². The Bertz CT molecular complexity index is 984. The third-order valence-corrected chi connectivity index (χ3v) is 4.84. The molecule has 0 radical (unpaired) electrons. The maximum absolute atomic E-state index is 12.6. The highest BCUT2D eigenvalue weighted by molar-refractivity contribution is 6.34. The van der Waals surface area contributed by atoms with Crippen LogP contribution in [0, 0.1) is 0 Å². The van der Waals surface area contributed by atoms with E-state index in [4.69, 9.17) is 16.3 Å². The smallest absolute Gasteiger partial charge is 0.341 e. The number of carbonyl (C=O) groups is 2. The van der Waals surface area contributed by atoms with Crippen molar-refractivity contribution in [3.63, 3.8) is 0 Å². The molecular formula is C22H29ClN2O6. The fraction of sp³-hybridized carbons (Fsp3) is 0.500. The van der Waals surface area contributed by atoms with Gasteiger partial charge >= 0.3 is 11.9 Å². The lowest BCUT2D eigenvalue weighted by Gasteiger charge is -2.15. The Balaban J connectivity index is 0.00000107.